The summed E-state index contributed by atoms with van der Waals surface area (Å²) in [6.45, 7) is 4.73. The molecule has 4 nitrogen and oxygen atoms in total. The lowest BCUT2D eigenvalue weighted by molar-refractivity contribution is -0.121. The van der Waals surface area contributed by atoms with Crippen LogP contribution < -0.4 is 10.2 Å². The van der Waals surface area contributed by atoms with Crippen molar-refractivity contribution in [3.63, 3.8) is 0 Å². The Hall–Kier alpha value is -2.40. The van der Waals surface area contributed by atoms with Crippen molar-refractivity contribution >= 4 is 17.3 Å². The number of anilines is 2. The van der Waals surface area contributed by atoms with E-state index in [2.05, 4.69) is 27.2 Å². The first-order chi connectivity index (χ1) is 13.7. The number of benzene rings is 2. The number of piperidine rings is 1. The lowest BCUT2D eigenvalue weighted by Gasteiger charge is -2.32. The minimum absolute atomic E-state index is 0.00698. The highest BCUT2D eigenvalue weighted by Gasteiger charge is 2.26. The summed E-state index contributed by atoms with van der Waals surface area (Å²) in [6.07, 6.45) is 4.44. The van der Waals surface area contributed by atoms with Crippen LogP contribution >= 0.6 is 0 Å². The number of amides is 1. The number of likely N-dealkylation sites (tertiary alicyclic amines) is 1. The largest absolute Gasteiger partial charge is 0.372 e. The van der Waals surface area contributed by atoms with E-state index in [1.165, 1.54) is 30.7 Å². The molecule has 2 heterocycles. The first-order valence-corrected chi connectivity index (χ1v) is 10.3. The third kappa shape index (κ3) is 4.71. The predicted octanol–water partition coefficient (Wildman–Crippen LogP) is 4.28. The van der Waals surface area contributed by atoms with E-state index in [-0.39, 0.29) is 17.6 Å². The Morgan fingerprint density at radius 3 is 2.39 bits per heavy atom. The molecule has 148 valence electrons. The van der Waals surface area contributed by atoms with Crippen LogP contribution in [-0.2, 0) is 11.3 Å². The zero-order valence-corrected chi connectivity index (χ0v) is 16.2. The van der Waals surface area contributed by atoms with Gasteiger partial charge in [-0.1, -0.05) is 12.1 Å². The van der Waals surface area contributed by atoms with Crippen molar-refractivity contribution in [3.8, 4) is 0 Å². The summed E-state index contributed by atoms with van der Waals surface area (Å²) in [7, 11) is 0. The molecular formula is C23H28FN3O. The average Bonchev–Trinajstić information content (AvgIpc) is 3.25. The normalized spacial score (nSPS) is 20.3. The Kier molecular flexibility index (Phi) is 5.91. The molecule has 5 heteroatoms. The van der Waals surface area contributed by atoms with Crippen LogP contribution in [0.4, 0.5) is 15.8 Å². The molecule has 0 spiro atoms. The Labute approximate surface area is 166 Å². The summed E-state index contributed by atoms with van der Waals surface area (Å²) >= 11 is 0. The molecule has 1 N–H and O–H groups in total. The van der Waals surface area contributed by atoms with Crippen LogP contribution in [-0.4, -0.2) is 37.0 Å². The van der Waals surface area contributed by atoms with Gasteiger partial charge in [0.25, 0.3) is 0 Å². The van der Waals surface area contributed by atoms with Gasteiger partial charge in [-0.25, -0.2) is 4.39 Å². The SMILES string of the molecule is O=C(Nc1ccc(N2CCCC2)cc1)[C@@H]1CCCN(Cc2ccc(F)cc2)C1. The van der Waals surface area contributed by atoms with Crippen molar-refractivity contribution in [1.29, 1.82) is 0 Å². The Bertz CT molecular complexity index is 784. The standard InChI is InChI=1S/C23H28FN3O/c24-20-7-5-18(6-8-20)16-26-13-3-4-19(17-26)23(28)25-21-9-11-22(12-10-21)27-14-1-2-15-27/h5-12,19H,1-4,13-17H2,(H,25,28)/t19-/m1/s1. The molecule has 28 heavy (non-hydrogen) atoms. The van der Waals surface area contributed by atoms with E-state index in [0.29, 0.717) is 0 Å². The van der Waals surface area contributed by atoms with E-state index < -0.39 is 0 Å². The zero-order valence-electron chi connectivity index (χ0n) is 16.2. The van der Waals surface area contributed by atoms with E-state index in [9.17, 15) is 9.18 Å². The number of nitrogens with one attached hydrogen (secondary N) is 1. The maximum atomic E-state index is 13.1. The summed E-state index contributed by atoms with van der Waals surface area (Å²) in [5, 5.41) is 3.09. The molecule has 0 saturated carbocycles. The summed E-state index contributed by atoms with van der Waals surface area (Å²) in [6, 6.07) is 14.8. The van der Waals surface area contributed by atoms with Crippen LogP contribution in [0.15, 0.2) is 48.5 Å². The van der Waals surface area contributed by atoms with Crippen LogP contribution in [0, 0.1) is 11.7 Å². The van der Waals surface area contributed by atoms with E-state index in [0.717, 1.165) is 56.8 Å². The third-order valence-electron chi connectivity index (χ3n) is 5.80. The van der Waals surface area contributed by atoms with Gasteiger partial charge in [0.05, 0.1) is 5.92 Å². The van der Waals surface area contributed by atoms with Crippen molar-refractivity contribution < 1.29 is 9.18 Å². The molecular weight excluding hydrogens is 353 g/mol. The fourth-order valence-electron chi connectivity index (χ4n) is 4.24. The van der Waals surface area contributed by atoms with Gasteiger partial charge in [-0.3, -0.25) is 9.69 Å². The number of rotatable bonds is 5. The number of halogens is 1. The second kappa shape index (κ2) is 8.74. The number of carbonyl (C=O) groups excluding carboxylic acids is 1. The van der Waals surface area contributed by atoms with Crippen molar-refractivity contribution in [1.82, 2.24) is 4.90 Å². The molecule has 0 bridgehead atoms. The molecule has 2 fully saturated rings. The summed E-state index contributed by atoms with van der Waals surface area (Å²) < 4.78 is 13.1. The highest BCUT2D eigenvalue weighted by atomic mass is 19.1. The molecule has 2 aromatic carbocycles. The molecule has 0 aliphatic carbocycles. The molecule has 2 aliphatic rings. The smallest absolute Gasteiger partial charge is 0.228 e. The van der Waals surface area contributed by atoms with Gasteiger partial charge in [0.2, 0.25) is 5.91 Å². The van der Waals surface area contributed by atoms with Crippen molar-refractivity contribution in [2.75, 3.05) is 36.4 Å². The van der Waals surface area contributed by atoms with Gasteiger partial charge in [0.15, 0.2) is 0 Å². The molecule has 2 aliphatic heterocycles. The fraction of sp³-hybridized carbons (Fsp3) is 0.435. The average molecular weight is 381 g/mol. The zero-order chi connectivity index (χ0) is 19.3. The highest BCUT2D eigenvalue weighted by molar-refractivity contribution is 5.92. The van der Waals surface area contributed by atoms with E-state index in [1.54, 1.807) is 0 Å². The van der Waals surface area contributed by atoms with E-state index in [1.807, 2.05) is 24.3 Å². The predicted molar refractivity (Wildman–Crippen MR) is 111 cm³/mol. The summed E-state index contributed by atoms with van der Waals surface area (Å²) in [4.78, 5) is 17.4. The fourth-order valence-corrected chi connectivity index (χ4v) is 4.24. The topological polar surface area (TPSA) is 35.6 Å². The molecule has 1 amide bonds. The third-order valence-corrected chi connectivity index (χ3v) is 5.80. The van der Waals surface area contributed by atoms with Crippen LogP contribution in [0.5, 0.6) is 0 Å². The van der Waals surface area contributed by atoms with Gasteiger partial charge < -0.3 is 10.2 Å². The van der Waals surface area contributed by atoms with Crippen LogP contribution in [0.1, 0.15) is 31.2 Å². The molecule has 4 rings (SSSR count). The van der Waals surface area contributed by atoms with Gasteiger partial charge in [0.1, 0.15) is 5.82 Å². The first kappa shape index (κ1) is 18.9. The molecule has 0 radical (unpaired) electrons. The number of nitrogens with zero attached hydrogens (tertiary/aromatic N) is 2. The Balaban J connectivity index is 1.31. The van der Waals surface area contributed by atoms with Gasteiger partial charge in [-0.2, -0.15) is 0 Å². The van der Waals surface area contributed by atoms with E-state index in [4.69, 9.17) is 0 Å². The van der Waals surface area contributed by atoms with Crippen LogP contribution in [0.3, 0.4) is 0 Å². The first-order valence-electron chi connectivity index (χ1n) is 10.3. The Morgan fingerprint density at radius 2 is 1.68 bits per heavy atom. The Morgan fingerprint density at radius 1 is 0.964 bits per heavy atom. The number of hydrogen-bond donors (Lipinski definition) is 1. The monoisotopic (exact) mass is 381 g/mol. The number of hydrogen-bond acceptors (Lipinski definition) is 3. The van der Waals surface area contributed by atoms with Crippen molar-refractivity contribution in [3.05, 3.63) is 59.9 Å². The minimum atomic E-state index is -0.213. The minimum Gasteiger partial charge on any atom is -0.372 e. The van der Waals surface area contributed by atoms with Gasteiger partial charge in [0, 0.05) is 37.6 Å². The van der Waals surface area contributed by atoms with Crippen molar-refractivity contribution in [2.45, 2.75) is 32.2 Å². The summed E-state index contributed by atoms with van der Waals surface area (Å²) in [5.74, 6) is -0.124. The second-order valence-corrected chi connectivity index (χ2v) is 7.93. The molecule has 2 aromatic rings. The molecule has 1 atom stereocenters. The molecule has 0 unspecified atom stereocenters. The lowest BCUT2D eigenvalue weighted by Crippen LogP contribution is -2.40. The van der Waals surface area contributed by atoms with Crippen LogP contribution in [0.2, 0.25) is 0 Å². The van der Waals surface area contributed by atoms with Gasteiger partial charge >= 0.3 is 0 Å². The summed E-state index contributed by atoms with van der Waals surface area (Å²) in [5.41, 5.74) is 3.18. The lowest BCUT2D eigenvalue weighted by atomic mass is 9.96. The van der Waals surface area contributed by atoms with Crippen LogP contribution in [0.25, 0.3) is 0 Å². The quantitative estimate of drug-likeness (QED) is 0.840. The van der Waals surface area contributed by atoms with Crippen molar-refractivity contribution in [2.24, 2.45) is 5.92 Å². The number of carbonyl (C=O) groups is 1. The highest BCUT2D eigenvalue weighted by Crippen LogP contribution is 2.24. The maximum absolute atomic E-state index is 13.1. The maximum Gasteiger partial charge on any atom is 0.228 e. The van der Waals surface area contributed by atoms with Gasteiger partial charge in [-0.05, 0) is 74.2 Å². The van der Waals surface area contributed by atoms with Gasteiger partial charge in [-0.15, -0.1) is 0 Å². The second-order valence-electron chi connectivity index (χ2n) is 7.93. The molecule has 2 saturated heterocycles. The van der Waals surface area contributed by atoms with E-state index >= 15 is 0 Å². The molecule has 0 aromatic heterocycles.